The number of rotatable bonds is 5. The van der Waals surface area contributed by atoms with Crippen molar-refractivity contribution in [2.45, 2.75) is 20.3 Å². The standard InChI is InChI=1S/C17H18N4O2/c1-12-5-7-15(8-6-12)19-16(22)10-13(2)20-21-17(23)14-4-3-9-18-11-14/h3-9,11H,10H2,1-2H3,(H,19,22)(H,21,23). The molecule has 0 fully saturated rings. The molecule has 0 aliphatic rings. The number of carbonyl (C=O) groups excluding carboxylic acids is 2. The van der Waals surface area contributed by atoms with Crippen molar-refractivity contribution in [2.24, 2.45) is 5.10 Å². The second-order valence-corrected chi connectivity index (χ2v) is 5.12. The molecule has 1 aromatic carbocycles. The zero-order chi connectivity index (χ0) is 16.7. The number of pyridine rings is 1. The van der Waals surface area contributed by atoms with Crippen LogP contribution in [0.3, 0.4) is 0 Å². The summed E-state index contributed by atoms with van der Waals surface area (Å²) in [7, 11) is 0. The minimum absolute atomic E-state index is 0.0984. The largest absolute Gasteiger partial charge is 0.326 e. The molecule has 0 saturated carbocycles. The van der Waals surface area contributed by atoms with Gasteiger partial charge in [-0.1, -0.05) is 17.7 Å². The van der Waals surface area contributed by atoms with Crippen LogP contribution in [0, 0.1) is 6.92 Å². The van der Waals surface area contributed by atoms with Crippen LogP contribution in [-0.4, -0.2) is 22.5 Å². The molecule has 0 spiro atoms. The summed E-state index contributed by atoms with van der Waals surface area (Å²) in [6.07, 6.45) is 3.13. The first-order chi connectivity index (χ1) is 11.0. The van der Waals surface area contributed by atoms with E-state index in [1.54, 1.807) is 25.3 Å². The second kappa shape index (κ2) is 7.84. The Labute approximate surface area is 134 Å². The Morgan fingerprint density at radius 3 is 2.57 bits per heavy atom. The lowest BCUT2D eigenvalue weighted by atomic mass is 10.2. The molecule has 1 aromatic heterocycles. The van der Waals surface area contributed by atoms with E-state index in [2.05, 4.69) is 20.8 Å². The molecular formula is C17H18N4O2. The van der Waals surface area contributed by atoms with Crippen molar-refractivity contribution in [3.63, 3.8) is 0 Å². The maximum absolute atomic E-state index is 11.9. The quantitative estimate of drug-likeness (QED) is 0.657. The summed E-state index contributed by atoms with van der Waals surface area (Å²) in [4.78, 5) is 27.6. The summed E-state index contributed by atoms with van der Waals surface area (Å²) in [5, 5.41) is 6.70. The number of aryl methyl sites for hydroxylation is 1. The summed E-state index contributed by atoms with van der Waals surface area (Å²) < 4.78 is 0. The molecule has 0 aliphatic carbocycles. The molecule has 118 valence electrons. The molecule has 2 amide bonds. The minimum Gasteiger partial charge on any atom is -0.326 e. The van der Waals surface area contributed by atoms with Crippen LogP contribution in [0.15, 0.2) is 53.9 Å². The predicted molar refractivity (Wildman–Crippen MR) is 89.2 cm³/mol. The molecule has 0 aliphatic heterocycles. The van der Waals surface area contributed by atoms with Crippen LogP contribution in [0.25, 0.3) is 0 Å². The van der Waals surface area contributed by atoms with E-state index in [0.717, 1.165) is 11.3 Å². The SMILES string of the molecule is CC(CC(=O)Nc1ccc(C)cc1)=NNC(=O)c1cccnc1. The lowest BCUT2D eigenvalue weighted by Gasteiger charge is -2.06. The van der Waals surface area contributed by atoms with E-state index in [1.807, 2.05) is 31.2 Å². The molecule has 0 radical (unpaired) electrons. The molecule has 2 N–H and O–H groups in total. The lowest BCUT2D eigenvalue weighted by Crippen LogP contribution is -2.21. The van der Waals surface area contributed by atoms with Crippen molar-refractivity contribution in [1.29, 1.82) is 0 Å². The zero-order valence-electron chi connectivity index (χ0n) is 13.0. The van der Waals surface area contributed by atoms with Gasteiger partial charge in [0.05, 0.1) is 12.0 Å². The van der Waals surface area contributed by atoms with Gasteiger partial charge in [0.2, 0.25) is 5.91 Å². The number of aromatic nitrogens is 1. The summed E-state index contributed by atoms with van der Waals surface area (Å²) in [5.74, 6) is -0.554. The van der Waals surface area contributed by atoms with Crippen molar-refractivity contribution < 1.29 is 9.59 Å². The normalized spacial score (nSPS) is 11.0. The van der Waals surface area contributed by atoms with E-state index in [9.17, 15) is 9.59 Å². The van der Waals surface area contributed by atoms with Gasteiger partial charge < -0.3 is 5.32 Å². The van der Waals surface area contributed by atoms with Gasteiger partial charge in [-0.2, -0.15) is 5.10 Å². The summed E-state index contributed by atoms with van der Waals surface area (Å²) in [5.41, 5.74) is 5.17. The van der Waals surface area contributed by atoms with Gasteiger partial charge in [0.25, 0.3) is 5.91 Å². The first-order valence-electron chi connectivity index (χ1n) is 7.14. The van der Waals surface area contributed by atoms with Crippen molar-refractivity contribution >= 4 is 23.2 Å². The molecule has 1 heterocycles. The predicted octanol–water partition coefficient (Wildman–Crippen LogP) is 2.52. The van der Waals surface area contributed by atoms with Crippen LogP contribution in [0.5, 0.6) is 0 Å². The van der Waals surface area contributed by atoms with Crippen molar-refractivity contribution in [3.8, 4) is 0 Å². The Morgan fingerprint density at radius 1 is 1.17 bits per heavy atom. The molecule has 0 atom stereocenters. The highest BCUT2D eigenvalue weighted by atomic mass is 16.2. The molecule has 0 bridgehead atoms. The van der Waals surface area contributed by atoms with Gasteiger partial charge in [-0.3, -0.25) is 14.6 Å². The third kappa shape index (κ3) is 5.35. The van der Waals surface area contributed by atoms with Crippen LogP contribution in [0.2, 0.25) is 0 Å². The number of anilines is 1. The Hall–Kier alpha value is -3.02. The molecular weight excluding hydrogens is 292 g/mol. The monoisotopic (exact) mass is 310 g/mol. The first-order valence-corrected chi connectivity index (χ1v) is 7.14. The summed E-state index contributed by atoms with van der Waals surface area (Å²) in [6.45, 7) is 3.66. The van der Waals surface area contributed by atoms with E-state index < -0.39 is 0 Å². The summed E-state index contributed by atoms with van der Waals surface area (Å²) >= 11 is 0. The van der Waals surface area contributed by atoms with Crippen molar-refractivity contribution in [1.82, 2.24) is 10.4 Å². The van der Waals surface area contributed by atoms with E-state index in [4.69, 9.17) is 0 Å². The number of benzene rings is 1. The third-order valence-electron chi connectivity index (χ3n) is 3.02. The first kappa shape index (κ1) is 16.4. The van der Waals surface area contributed by atoms with Gasteiger partial charge in [-0.25, -0.2) is 5.43 Å². The van der Waals surface area contributed by atoms with Crippen LogP contribution < -0.4 is 10.7 Å². The number of nitrogens with one attached hydrogen (secondary N) is 2. The van der Waals surface area contributed by atoms with Crippen LogP contribution in [0.4, 0.5) is 5.69 Å². The van der Waals surface area contributed by atoms with Gasteiger partial charge in [-0.15, -0.1) is 0 Å². The highest BCUT2D eigenvalue weighted by molar-refractivity contribution is 6.06. The molecule has 6 nitrogen and oxygen atoms in total. The Kier molecular flexibility index (Phi) is 5.57. The van der Waals surface area contributed by atoms with E-state index in [-0.39, 0.29) is 18.2 Å². The topological polar surface area (TPSA) is 83.5 Å². The van der Waals surface area contributed by atoms with Crippen LogP contribution in [0.1, 0.15) is 29.3 Å². The fraction of sp³-hybridized carbons (Fsp3) is 0.176. The number of hydrazone groups is 1. The number of carbonyl (C=O) groups is 2. The van der Waals surface area contributed by atoms with E-state index in [1.165, 1.54) is 6.20 Å². The lowest BCUT2D eigenvalue weighted by molar-refractivity contribution is -0.115. The molecule has 2 aromatic rings. The van der Waals surface area contributed by atoms with E-state index >= 15 is 0 Å². The Morgan fingerprint density at radius 2 is 1.91 bits per heavy atom. The molecule has 6 heteroatoms. The average Bonchev–Trinajstić information content (AvgIpc) is 2.55. The minimum atomic E-state index is -0.364. The van der Waals surface area contributed by atoms with E-state index in [0.29, 0.717) is 11.3 Å². The maximum atomic E-state index is 11.9. The zero-order valence-corrected chi connectivity index (χ0v) is 13.0. The van der Waals surface area contributed by atoms with Crippen LogP contribution >= 0.6 is 0 Å². The Balaban J connectivity index is 1.85. The van der Waals surface area contributed by atoms with Gasteiger partial charge in [0.15, 0.2) is 0 Å². The second-order valence-electron chi connectivity index (χ2n) is 5.12. The highest BCUT2D eigenvalue weighted by Gasteiger charge is 2.07. The van der Waals surface area contributed by atoms with Crippen molar-refractivity contribution in [3.05, 3.63) is 59.9 Å². The summed E-state index contributed by atoms with van der Waals surface area (Å²) in [6, 6.07) is 10.8. The Bertz CT molecular complexity index is 709. The van der Waals surface area contributed by atoms with Crippen molar-refractivity contribution in [2.75, 3.05) is 5.32 Å². The maximum Gasteiger partial charge on any atom is 0.272 e. The van der Waals surface area contributed by atoms with Crippen LogP contribution in [-0.2, 0) is 4.79 Å². The van der Waals surface area contributed by atoms with Gasteiger partial charge >= 0.3 is 0 Å². The van der Waals surface area contributed by atoms with Gasteiger partial charge in [0, 0.05) is 23.8 Å². The molecule has 23 heavy (non-hydrogen) atoms. The number of hydrogen-bond donors (Lipinski definition) is 2. The number of nitrogens with zero attached hydrogens (tertiary/aromatic N) is 2. The molecule has 0 saturated heterocycles. The van der Waals surface area contributed by atoms with Gasteiger partial charge in [0.1, 0.15) is 0 Å². The number of amides is 2. The average molecular weight is 310 g/mol. The molecule has 0 unspecified atom stereocenters. The smallest absolute Gasteiger partial charge is 0.272 e. The number of hydrogen-bond acceptors (Lipinski definition) is 4. The third-order valence-corrected chi connectivity index (χ3v) is 3.02. The fourth-order valence-corrected chi connectivity index (χ4v) is 1.82. The molecule has 2 rings (SSSR count). The fourth-order valence-electron chi connectivity index (χ4n) is 1.82. The van der Waals surface area contributed by atoms with Gasteiger partial charge in [-0.05, 0) is 38.1 Å². The highest BCUT2D eigenvalue weighted by Crippen LogP contribution is 2.08.